The normalized spacial score (nSPS) is 11.8. The molecule has 2 rings (SSSR count). The average molecular weight is 279 g/mol. The largest absolute Gasteiger partial charge is 0.378 e. The summed E-state index contributed by atoms with van der Waals surface area (Å²) >= 11 is 0. The van der Waals surface area contributed by atoms with E-state index in [9.17, 15) is 9.90 Å². The molecule has 0 radical (unpaired) electrons. The molecule has 0 aromatic heterocycles. The Morgan fingerprint density at radius 2 is 1.86 bits per heavy atom. The third kappa shape index (κ3) is 4.00. The van der Waals surface area contributed by atoms with Crippen molar-refractivity contribution in [1.29, 1.82) is 5.26 Å². The van der Waals surface area contributed by atoms with Crippen molar-refractivity contribution < 1.29 is 9.90 Å². The van der Waals surface area contributed by atoms with Crippen LogP contribution in [0.3, 0.4) is 0 Å². The van der Waals surface area contributed by atoms with Gasteiger partial charge in [-0.2, -0.15) is 10.4 Å². The third-order valence-corrected chi connectivity index (χ3v) is 2.79. The van der Waals surface area contributed by atoms with Crippen LogP contribution >= 0.6 is 0 Å². The van der Waals surface area contributed by atoms with Gasteiger partial charge < -0.3 is 5.11 Å². The Labute approximate surface area is 122 Å². The fourth-order valence-electron chi connectivity index (χ4n) is 1.66. The van der Waals surface area contributed by atoms with Gasteiger partial charge in [-0.25, -0.2) is 5.43 Å². The van der Waals surface area contributed by atoms with Crippen molar-refractivity contribution in [2.75, 3.05) is 0 Å². The minimum Gasteiger partial charge on any atom is -0.378 e. The second-order valence-corrected chi connectivity index (χ2v) is 4.28. The fourth-order valence-corrected chi connectivity index (χ4v) is 1.66. The first-order valence-electron chi connectivity index (χ1n) is 6.27. The van der Waals surface area contributed by atoms with Crippen LogP contribution in [0.25, 0.3) is 0 Å². The summed E-state index contributed by atoms with van der Waals surface area (Å²) < 4.78 is 0. The molecule has 1 amide bonds. The van der Waals surface area contributed by atoms with Gasteiger partial charge in [-0.3, -0.25) is 4.79 Å². The lowest BCUT2D eigenvalue weighted by molar-refractivity contribution is -0.129. The number of aliphatic hydroxyl groups is 1. The van der Waals surface area contributed by atoms with E-state index in [1.165, 1.54) is 6.21 Å². The van der Waals surface area contributed by atoms with E-state index < -0.39 is 12.0 Å². The Bertz CT molecular complexity index is 673. The molecule has 0 saturated heterocycles. The maximum absolute atomic E-state index is 11.7. The number of hydrogen-bond donors (Lipinski definition) is 2. The molecule has 0 fully saturated rings. The van der Waals surface area contributed by atoms with Crippen LogP contribution in [-0.4, -0.2) is 17.2 Å². The Hall–Kier alpha value is -2.97. The fraction of sp³-hybridized carbons (Fsp3) is 0.0625. The second kappa shape index (κ2) is 6.98. The van der Waals surface area contributed by atoms with Gasteiger partial charge in [0.2, 0.25) is 0 Å². The molecule has 0 aliphatic rings. The van der Waals surface area contributed by atoms with Gasteiger partial charge >= 0.3 is 0 Å². The molecule has 5 nitrogen and oxygen atoms in total. The van der Waals surface area contributed by atoms with Gasteiger partial charge in [0.1, 0.15) is 0 Å². The Balaban J connectivity index is 1.94. The molecule has 0 unspecified atom stereocenters. The summed E-state index contributed by atoms with van der Waals surface area (Å²) in [6, 6.07) is 17.4. The Kier molecular flexibility index (Phi) is 4.80. The SMILES string of the molecule is N#Cc1ccc(/C=N\NC(=O)[C@@H](O)c2ccccc2)cc1. The molecule has 2 aromatic carbocycles. The summed E-state index contributed by atoms with van der Waals surface area (Å²) in [7, 11) is 0. The van der Waals surface area contributed by atoms with Gasteiger partial charge in [0, 0.05) is 0 Å². The van der Waals surface area contributed by atoms with Crippen LogP contribution in [-0.2, 0) is 4.79 Å². The van der Waals surface area contributed by atoms with Gasteiger partial charge in [0.05, 0.1) is 17.8 Å². The van der Waals surface area contributed by atoms with Gasteiger partial charge in [-0.1, -0.05) is 42.5 Å². The number of carbonyl (C=O) groups excluding carboxylic acids is 1. The minimum atomic E-state index is -1.26. The number of hydrazone groups is 1. The lowest BCUT2D eigenvalue weighted by atomic mass is 10.1. The predicted octanol–water partition coefficient (Wildman–Crippen LogP) is 1.74. The maximum Gasteiger partial charge on any atom is 0.273 e. The van der Waals surface area contributed by atoms with Crippen LogP contribution in [0.15, 0.2) is 59.7 Å². The average Bonchev–Trinajstić information content (AvgIpc) is 2.55. The van der Waals surface area contributed by atoms with Gasteiger partial charge in [-0.05, 0) is 23.3 Å². The smallest absolute Gasteiger partial charge is 0.273 e. The number of carbonyl (C=O) groups is 1. The Morgan fingerprint density at radius 1 is 1.19 bits per heavy atom. The highest BCUT2D eigenvalue weighted by molar-refractivity contribution is 5.85. The summed E-state index contributed by atoms with van der Waals surface area (Å²) in [5.74, 6) is -0.605. The number of aliphatic hydroxyl groups excluding tert-OH is 1. The monoisotopic (exact) mass is 279 g/mol. The molecule has 5 heteroatoms. The summed E-state index contributed by atoms with van der Waals surface area (Å²) in [5, 5.41) is 22.3. The van der Waals surface area contributed by atoms with Crippen LogP contribution in [0.5, 0.6) is 0 Å². The van der Waals surface area contributed by atoms with Crippen molar-refractivity contribution in [3.8, 4) is 6.07 Å². The van der Waals surface area contributed by atoms with E-state index in [0.717, 1.165) is 5.56 Å². The topological polar surface area (TPSA) is 85.5 Å². The van der Waals surface area contributed by atoms with Crippen LogP contribution < -0.4 is 5.43 Å². The van der Waals surface area contributed by atoms with Crippen LogP contribution in [0.2, 0.25) is 0 Å². The third-order valence-electron chi connectivity index (χ3n) is 2.79. The molecule has 0 saturated carbocycles. The van der Waals surface area contributed by atoms with Crippen LogP contribution in [0, 0.1) is 11.3 Å². The minimum absolute atomic E-state index is 0.503. The van der Waals surface area contributed by atoms with Gasteiger partial charge in [0.15, 0.2) is 6.10 Å². The van der Waals surface area contributed by atoms with Crippen molar-refractivity contribution >= 4 is 12.1 Å². The zero-order chi connectivity index (χ0) is 15.1. The first-order valence-corrected chi connectivity index (χ1v) is 6.27. The first kappa shape index (κ1) is 14.4. The number of benzene rings is 2. The number of amides is 1. The predicted molar refractivity (Wildman–Crippen MR) is 78.3 cm³/mol. The first-order chi connectivity index (χ1) is 10.2. The van der Waals surface area contributed by atoms with Crippen molar-refractivity contribution in [1.82, 2.24) is 5.43 Å². The van der Waals surface area contributed by atoms with Crippen LogP contribution in [0.4, 0.5) is 0 Å². The second-order valence-electron chi connectivity index (χ2n) is 4.28. The highest BCUT2D eigenvalue weighted by Crippen LogP contribution is 2.11. The van der Waals surface area contributed by atoms with E-state index in [4.69, 9.17) is 5.26 Å². The summed E-state index contributed by atoms with van der Waals surface area (Å²) in [4.78, 5) is 11.7. The zero-order valence-corrected chi connectivity index (χ0v) is 11.1. The highest BCUT2D eigenvalue weighted by Gasteiger charge is 2.15. The molecule has 104 valence electrons. The quantitative estimate of drug-likeness (QED) is 0.660. The lowest BCUT2D eigenvalue weighted by Gasteiger charge is -2.08. The molecular formula is C16H13N3O2. The lowest BCUT2D eigenvalue weighted by Crippen LogP contribution is -2.25. The molecule has 2 aromatic rings. The van der Waals surface area contributed by atoms with Crippen molar-refractivity contribution in [2.24, 2.45) is 5.10 Å². The van der Waals surface area contributed by atoms with E-state index in [2.05, 4.69) is 10.5 Å². The van der Waals surface area contributed by atoms with Crippen molar-refractivity contribution in [3.05, 3.63) is 71.3 Å². The van der Waals surface area contributed by atoms with Crippen molar-refractivity contribution in [2.45, 2.75) is 6.10 Å². The molecule has 0 spiro atoms. The summed E-state index contributed by atoms with van der Waals surface area (Å²) in [5.41, 5.74) is 4.07. The van der Waals surface area contributed by atoms with E-state index in [1.54, 1.807) is 54.6 Å². The summed E-state index contributed by atoms with van der Waals surface area (Å²) in [6.45, 7) is 0. The molecule has 1 atom stereocenters. The highest BCUT2D eigenvalue weighted by atomic mass is 16.3. The molecule has 0 aliphatic carbocycles. The van der Waals surface area contributed by atoms with Gasteiger partial charge in [0.25, 0.3) is 5.91 Å². The van der Waals surface area contributed by atoms with E-state index in [0.29, 0.717) is 11.1 Å². The molecule has 0 aliphatic heterocycles. The van der Waals surface area contributed by atoms with E-state index >= 15 is 0 Å². The van der Waals surface area contributed by atoms with Gasteiger partial charge in [-0.15, -0.1) is 0 Å². The number of rotatable bonds is 4. The molecule has 0 heterocycles. The number of hydrogen-bond acceptors (Lipinski definition) is 4. The number of nitriles is 1. The molecule has 0 bridgehead atoms. The molecular weight excluding hydrogens is 266 g/mol. The maximum atomic E-state index is 11.7. The van der Waals surface area contributed by atoms with E-state index in [1.807, 2.05) is 6.07 Å². The van der Waals surface area contributed by atoms with E-state index in [-0.39, 0.29) is 0 Å². The Morgan fingerprint density at radius 3 is 2.48 bits per heavy atom. The molecule has 21 heavy (non-hydrogen) atoms. The van der Waals surface area contributed by atoms with Crippen LogP contribution in [0.1, 0.15) is 22.8 Å². The number of nitrogens with one attached hydrogen (secondary N) is 1. The standard InChI is InChI=1S/C16H13N3O2/c17-10-12-6-8-13(9-7-12)11-18-19-16(21)15(20)14-4-2-1-3-5-14/h1-9,11,15,20H,(H,19,21)/b18-11-/t15-/m0/s1. The number of nitrogens with zero attached hydrogens (tertiary/aromatic N) is 2. The zero-order valence-electron chi connectivity index (χ0n) is 11.1. The summed E-state index contributed by atoms with van der Waals surface area (Å²) in [6.07, 6.45) is 0.181. The van der Waals surface area contributed by atoms with Crippen molar-refractivity contribution in [3.63, 3.8) is 0 Å². The molecule has 2 N–H and O–H groups in total.